The smallest absolute Gasteiger partial charge is 0.220 e. The Morgan fingerprint density at radius 3 is 2.82 bits per heavy atom. The number of hydrogen-bond acceptors (Lipinski definition) is 3. The molecular weight excluding hydrogens is 302 g/mol. The Labute approximate surface area is 132 Å². The first-order valence-electron chi connectivity index (χ1n) is 7.11. The van der Waals surface area contributed by atoms with Crippen LogP contribution in [0.1, 0.15) is 25.3 Å². The lowest BCUT2D eigenvalue weighted by Gasteiger charge is -2.34. The predicted octanol–water partition coefficient (Wildman–Crippen LogP) is 4.79. The first kappa shape index (κ1) is 15.2. The normalized spacial score (nSPS) is 21.9. The second-order valence-electron chi connectivity index (χ2n) is 5.80. The minimum absolute atomic E-state index is 0.296. The highest BCUT2D eigenvalue weighted by atomic mass is 32.2. The van der Waals surface area contributed by atoms with E-state index in [0.717, 1.165) is 12.2 Å². The van der Waals surface area contributed by atoms with Gasteiger partial charge in [-0.25, -0.2) is 9.37 Å². The topological polar surface area (TPSA) is 36.7 Å². The van der Waals surface area contributed by atoms with Crippen LogP contribution in [0, 0.1) is 17.2 Å². The lowest BCUT2D eigenvalue weighted by Crippen LogP contribution is -2.30. The minimum Gasteiger partial charge on any atom is -0.298 e. The second-order valence-corrected chi connectivity index (χ2v) is 6.99. The van der Waals surface area contributed by atoms with Gasteiger partial charge in [-0.05, 0) is 41.8 Å². The van der Waals surface area contributed by atoms with Crippen LogP contribution in [0.15, 0.2) is 36.5 Å². The summed E-state index contributed by atoms with van der Waals surface area (Å²) >= 11 is 1.51. The maximum atomic E-state index is 14.4. The molecule has 0 saturated carbocycles. The highest BCUT2D eigenvalue weighted by Crippen LogP contribution is 2.41. The number of nitrogens with one attached hydrogen (secondary N) is 1. The van der Waals surface area contributed by atoms with Crippen LogP contribution in [0.3, 0.4) is 0 Å². The Morgan fingerprint density at radius 2 is 2.09 bits per heavy atom. The molecule has 1 saturated heterocycles. The Kier molecular flexibility index (Phi) is 4.00. The van der Waals surface area contributed by atoms with E-state index in [-0.39, 0.29) is 5.82 Å². The standard InChI is InChI=1S/C17H16F2N2S/c1-17(6-8-22-15(20)10-17)13-9-11(4-5-14(13)18)12-3-2-7-21-16(12)19/h2-5,7,9,20H,6,8,10H2,1H3/t17-/m1/s1. The first-order chi connectivity index (χ1) is 10.5. The van der Waals surface area contributed by atoms with Crippen LogP contribution in [0.2, 0.25) is 0 Å². The van der Waals surface area contributed by atoms with Gasteiger partial charge in [-0.15, -0.1) is 11.8 Å². The van der Waals surface area contributed by atoms with Gasteiger partial charge in [0.1, 0.15) is 5.82 Å². The zero-order valence-corrected chi connectivity index (χ0v) is 13.0. The third-order valence-corrected chi connectivity index (χ3v) is 5.07. The fourth-order valence-electron chi connectivity index (χ4n) is 2.88. The van der Waals surface area contributed by atoms with Crippen molar-refractivity contribution >= 4 is 16.8 Å². The minimum atomic E-state index is -0.558. The molecule has 1 aliphatic rings. The summed E-state index contributed by atoms with van der Waals surface area (Å²) in [6.45, 7) is 1.98. The van der Waals surface area contributed by atoms with Crippen molar-refractivity contribution in [2.24, 2.45) is 0 Å². The van der Waals surface area contributed by atoms with Crippen LogP contribution in [-0.4, -0.2) is 15.8 Å². The molecule has 0 amide bonds. The van der Waals surface area contributed by atoms with Crippen molar-refractivity contribution in [2.45, 2.75) is 25.2 Å². The lowest BCUT2D eigenvalue weighted by molar-refractivity contribution is 0.444. The third kappa shape index (κ3) is 2.77. The Balaban J connectivity index is 2.08. The summed E-state index contributed by atoms with van der Waals surface area (Å²) in [7, 11) is 0. The summed E-state index contributed by atoms with van der Waals surface area (Å²) in [5, 5.41) is 8.46. The molecule has 1 aromatic carbocycles. The summed E-state index contributed by atoms with van der Waals surface area (Å²) in [6.07, 6.45) is 2.72. The van der Waals surface area contributed by atoms with Crippen molar-refractivity contribution in [1.29, 1.82) is 5.41 Å². The van der Waals surface area contributed by atoms with Crippen LogP contribution < -0.4 is 0 Å². The van der Waals surface area contributed by atoms with Crippen molar-refractivity contribution in [3.63, 3.8) is 0 Å². The Hall–Kier alpha value is -1.75. The van der Waals surface area contributed by atoms with Gasteiger partial charge in [0.2, 0.25) is 5.95 Å². The molecule has 2 nitrogen and oxygen atoms in total. The highest BCUT2D eigenvalue weighted by molar-refractivity contribution is 8.13. The summed E-state index contributed by atoms with van der Waals surface area (Å²) < 4.78 is 28.2. The molecule has 0 unspecified atom stereocenters. The van der Waals surface area contributed by atoms with Crippen LogP contribution in [0.25, 0.3) is 11.1 Å². The zero-order valence-electron chi connectivity index (χ0n) is 12.2. The maximum Gasteiger partial charge on any atom is 0.220 e. The molecule has 2 heterocycles. The summed E-state index contributed by atoms with van der Waals surface area (Å²) in [5.41, 5.74) is 1.13. The van der Waals surface area contributed by atoms with E-state index in [1.807, 2.05) is 6.92 Å². The van der Waals surface area contributed by atoms with Gasteiger partial charge in [-0.1, -0.05) is 13.0 Å². The first-order valence-corrected chi connectivity index (χ1v) is 8.09. The fraction of sp³-hybridized carbons (Fsp3) is 0.294. The fourth-order valence-corrected chi connectivity index (χ4v) is 4.10. The summed E-state index contributed by atoms with van der Waals surface area (Å²) in [5.74, 6) is -0.0484. The Morgan fingerprint density at radius 1 is 1.27 bits per heavy atom. The van der Waals surface area contributed by atoms with Crippen LogP contribution >= 0.6 is 11.8 Å². The number of halogens is 2. The maximum absolute atomic E-state index is 14.4. The molecule has 1 aliphatic heterocycles. The second kappa shape index (κ2) is 5.80. The molecule has 1 aromatic heterocycles. The summed E-state index contributed by atoms with van der Waals surface area (Å²) in [4.78, 5) is 3.65. The quantitative estimate of drug-likeness (QED) is 0.808. The molecule has 0 radical (unpaired) electrons. The number of thioether (sulfide) groups is 1. The molecule has 114 valence electrons. The van der Waals surface area contributed by atoms with E-state index in [2.05, 4.69) is 4.98 Å². The molecule has 3 rings (SSSR count). The van der Waals surface area contributed by atoms with Crippen molar-refractivity contribution in [3.8, 4) is 11.1 Å². The number of nitrogens with zero attached hydrogens (tertiary/aromatic N) is 1. The van der Waals surface area contributed by atoms with Gasteiger partial charge in [0, 0.05) is 29.3 Å². The van der Waals surface area contributed by atoms with Crippen molar-refractivity contribution in [3.05, 3.63) is 53.9 Å². The van der Waals surface area contributed by atoms with Gasteiger partial charge in [-0.2, -0.15) is 4.39 Å². The van der Waals surface area contributed by atoms with E-state index in [1.165, 1.54) is 24.0 Å². The molecule has 1 atom stereocenters. The average molecular weight is 318 g/mol. The van der Waals surface area contributed by atoms with Crippen molar-refractivity contribution in [1.82, 2.24) is 4.98 Å². The molecule has 1 N–H and O–H groups in total. The van der Waals surface area contributed by atoms with Crippen molar-refractivity contribution in [2.75, 3.05) is 5.75 Å². The Bertz CT molecular complexity index is 732. The number of rotatable bonds is 2. The molecule has 0 spiro atoms. The van der Waals surface area contributed by atoms with E-state index >= 15 is 0 Å². The molecule has 2 aromatic rings. The molecule has 0 aliphatic carbocycles. The molecule has 0 bridgehead atoms. The molecule has 1 fully saturated rings. The van der Waals surface area contributed by atoms with Crippen LogP contribution in [0.4, 0.5) is 8.78 Å². The highest BCUT2D eigenvalue weighted by Gasteiger charge is 2.34. The SMILES string of the molecule is C[C@@]1(c2cc(-c3cccnc3F)ccc2F)CCSC(=N)C1. The largest absolute Gasteiger partial charge is 0.298 e. The van der Waals surface area contributed by atoms with E-state index in [4.69, 9.17) is 5.41 Å². The predicted molar refractivity (Wildman–Crippen MR) is 86.4 cm³/mol. The van der Waals surface area contributed by atoms with E-state index < -0.39 is 11.4 Å². The monoisotopic (exact) mass is 318 g/mol. The van der Waals surface area contributed by atoms with Gasteiger partial charge in [-0.3, -0.25) is 5.41 Å². The van der Waals surface area contributed by atoms with Gasteiger partial charge >= 0.3 is 0 Å². The lowest BCUT2D eigenvalue weighted by atomic mass is 9.76. The number of aromatic nitrogens is 1. The van der Waals surface area contributed by atoms with E-state index in [9.17, 15) is 8.78 Å². The van der Waals surface area contributed by atoms with Gasteiger partial charge < -0.3 is 0 Å². The number of benzene rings is 1. The zero-order chi connectivity index (χ0) is 15.7. The average Bonchev–Trinajstić information content (AvgIpc) is 2.48. The van der Waals surface area contributed by atoms with Crippen LogP contribution in [0.5, 0.6) is 0 Å². The number of pyridine rings is 1. The van der Waals surface area contributed by atoms with Crippen molar-refractivity contribution < 1.29 is 8.78 Å². The van der Waals surface area contributed by atoms with Gasteiger partial charge in [0.15, 0.2) is 0 Å². The molecule has 5 heteroatoms. The van der Waals surface area contributed by atoms with E-state index in [0.29, 0.717) is 28.2 Å². The van der Waals surface area contributed by atoms with Gasteiger partial charge in [0.05, 0.1) is 5.04 Å². The summed E-state index contributed by atoms with van der Waals surface area (Å²) in [6, 6.07) is 7.97. The van der Waals surface area contributed by atoms with E-state index in [1.54, 1.807) is 24.3 Å². The third-order valence-electron chi connectivity index (χ3n) is 4.17. The molecular formula is C17H16F2N2S. The molecule has 22 heavy (non-hydrogen) atoms. The number of hydrogen-bond donors (Lipinski definition) is 1. The van der Waals surface area contributed by atoms with Crippen LogP contribution in [-0.2, 0) is 5.41 Å². The van der Waals surface area contributed by atoms with Gasteiger partial charge in [0.25, 0.3) is 0 Å².